The van der Waals surface area contributed by atoms with Crippen molar-refractivity contribution in [1.82, 2.24) is 4.90 Å². The number of nitrogens with zero attached hydrogens (tertiary/aromatic N) is 1. The van der Waals surface area contributed by atoms with Crippen LogP contribution in [0.3, 0.4) is 0 Å². The number of rotatable bonds is 4. The highest BCUT2D eigenvalue weighted by atomic mass is 79.9. The summed E-state index contributed by atoms with van der Waals surface area (Å²) in [6, 6.07) is 9.45. The Kier molecular flexibility index (Phi) is 4.32. The molecule has 0 aromatic heterocycles. The Hall–Kier alpha value is -1.56. The van der Waals surface area contributed by atoms with Crippen molar-refractivity contribution in [2.75, 3.05) is 20.3 Å². The third-order valence-electron chi connectivity index (χ3n) is 3.31. The third-order valence-corrected chi connectivity index (χ3v) is 4.60. The Labute approximate surface area is 126 Å². The SMILES string of the molecule is CCOC(=O)C1(C(Br)c2ccccc2)CN1C(=O)OC. The van der Waals surface area contributed by atoms with Gasteiger partial charge >= 0.3 is 12.1 Å². The highest BCUT2D eigenvalue weighted by Crippen LogP contribution is 2.49. The summed E-state index contributed by atoms with van der Waals surface area (Å²) in [5.74, 6) is -0.420. The van der Waals surface area contributed by atoms with E-state index in [0.29, 0.717) is 0 Å². The molecule has 5 nitrogen and oxygen atoms in total. The van der Waals surface area contributed by atoms with E-state index in [9.17, 15) is 9.59 Å². The van der Waals surface area contributed by atoms with E-state index >= 15 is 0 Å². The first-order valence-corrected chi connectivity index (χ1v) is 7.21. The minimum atomic E-state index is -1.02. The van der Waals surface area contributed by atoms with Crippen molar-refractivity contribution in [2.24, 2.45) is 0 Å². The summed E-state index contributed by atoms with van der Waals surface area (Å²) in [5, 5.41) is 0. The van der Waals surface area contributed by atoms with Crippen molar-refractivity contribution in [2.45, 2.75) is 17.3 Å². The maximum Gasteiger partial charge on any atom is 0.410 e. The van der Waals surface area contributed by atoms with E-state index in [4.69, 9.17) is 9.47 Å². The van der Waals surface area contributed by atoms with Crippen LogP contribution in [0, 0.1) is 0 Å². The van der Waals surface area contributed by atoms with Crippen LogP contribution in [0.2, 0.25) is 0 Å². The molecule has 108 valence electrons. The van der Waals surface area contributed by atoms with Crippen molar-refractivity contribution in [3.8, 4) is 0 Å². The van der Waals surface area contributed by atoms with Crippen LogP contribution < -0.4 is 0 Å². The molecule has 1 fully saturated rings. The number of methoxy groups -OCH3 is 1. The van der Waals surface area contributed by atoms with Crippen LogP contribution >= 0.6 is 15.9 Å². The zero-order valence-electron chi connectivity index (χ0n) is 11.3. The Morgan fingerprint density at radius 2 is 2.05 bits per heavy atom. The van der Waals surface area contributed by atoms with Crippen LogP contribution in [-0.2, 0) is 14.3 Å². The van der Waals surface area contributed by atoms with E-state index in [1.54, 1.807) is 6.92 Å². The van der Waals surface area contributed by atoms with Gasteiger partial charge < -0.3 is 9.47 Å². The lowest BCUT2D eigenvalue weighted by atomic mass is 9.99. The van der Waals surface area contributed by atoms with Crippen molar-refractivity contribution in [1.29, 1.82) is 0 Å². The Balaban J connectivity index is 2.30. The van der Waals surface area contributed by atoms with Gasteiger partial charge in [-0.05, 0) is 12.5 Å². The van der Waals surface area contributed by atoms with Gasteiger partial charge in [0.1, 0.15) is 0 Å². The molecular weight excluding hydrogens is 326 g/mol. The van der Waals surface area contributed by atoms with Crippen LogP contribution in [0.25, 0.3) is 0 Å². The van der Waals surface area contributed by atoms with Gasteiger partial charge in [-0.1, -0.05) is 46.3 Å². The van der Waals surface area contributed by atoms with E-state index in [2.05, 4.69) is 15.9 Å². The van der Waals surface area contributed by atoms with E-state index in [-0.39, 0.29) is 18.0 Å². The van der Waals surface area contributed by atoms with E-state index in [1.165, 1.54) is 12.0 Å². The predicted octanol–water partition coefficient (Wildman–Crippen LogP) is 2.51. The van der Waals surface area contributed by atoms with Gasteiger partial charge in [-0.25, -0.2) is 9.59 Å². The Morgan fingerprint density at radius 1 is 1.40 bits per heavy atom. The van der Waals surface area contributed by atoms with Crippen LogP contribution in [0.15, 0.2) is 30.3 Å². The largest absolute Gasteiger partial charge is 0.464 e. The molecule has 0 bridgehead atoms. The molecule has 1 amide bonds. The van der Waals surface area contributed by atoms with E-state index < -0.39 is 17.6 Å². The summed E-state index contributed by atoms with van der Waals surface area (Å²) in [4.78, 5) is 25.0. The van der Waals surface area contributed by atoms with Gasteiger partial charge in [0.25, 0.3) is 0 Å². The van der Waals surface area contributed by atoms with Crippen molar-refractivity contribution < 1.29 is 19.1 Å². The number of benzene rings is 1. The second kappa shape index (κ2) is 5.83. The van der Waals surface area contributed by atoms with Gasteiger partial charge in [0.2, 0.25) is 0 Å². The zero-order valence-corrected chi connectivity index (χ0v) is 12.9. The second-order valence-corrected chi connectivity index (χ2v) is 5.39. The lowest BCUT2D eigenvalue weighted by Gasteiger charge is -2.21. The standard InChI is InChI=1S/C14H16BrNO4/c1-3-20-12(17)14(9-16(14)13(18)19-2)11(15)10-7-5-4-6-8-10/h4-8,11H,3,9H2,1-2H3. The fraction of sp³-hybridized carbons (Fsp3) is 0.429. The molecule has 1 saturated heterocycles. The number of carbonyl (C=O) groups is 2. The molecule has 1 aliphatic rings. The average molecular weight is 342 g/mol. The fourth-order valence-corrected chi connectivity index (χ4v) is 3.08. The molecule has 20 heavy (non-hydrogen) atoms. The Morgan fingerprint density at radius 3 is 2.60 bits per heavy atom. The maximum absolute atomic E-state index is 12.3. The first-order chi connectivity index (χ1) is 9.57. The lowest BCUT2D eigenvalue weighted by Crippen LogP contribution is -2.37. The molecule has 6 heteroatoms. The molecular formula is C14H16BrNO4. The van der Waals surface area contributed by atoms with Crippen LogP contribution in [0.1, 0.15) is 17.3 Å². The molecule has 1 aromatic carbocycles. The summed E-state index contributed by atoms with van der Waals surface area (Å²) >= 11 is 3.53. The van der Waals surface area contributed by atoms with Crippen molar-refractivity contribution in [3.63, 3.8) is 0 Å². The first-order valence-electron chi connectivity index (χ1n) is 6.29. The molecule has 0 saturated carbocycles. The zero-order chi connectivity index (χ0) is 14.8. The minimum absolute atomic E-state index is 0.268. The quantitative estimate of drug-likeness (QED) is 0.479. The van der Waals surface area contributed by atoms with Gasteiger partial charge in [0.15, 0.2) is 5.54 Å². The van der Waals surface area contributed by atoms with Crippen LogP contribution in [0.5, 0.6) is 0 Å². The minimum Gasteiger partial charge on any atom is -0.464 e. The fourth-order valence-electron chi connectivity index (χ4n) is 2.19. The van der Waals surface area contributed by atoms with Gasteiger partial charge in [-0.2, -0.15) is 0 Å². The van der Waals surface area contributed by atoms with E-state index in [0.717, 1.165) is 5.56 Å². The topological polar surface area (TPSA) is 55.6 Å². The molecule has 2 atom stereocenters. The normalized spacial score (nSPS) is 22.1. The summed E-state index contributed by atoms with van der Waals surface area (Å²) in [6.07, 6.45) is -0.529. The van der Waals surface area contributed by atoms with E-state index in [1.807, 2.05) is 30.3 Å². The highest BCUT2D eigenvalue weighted by Gasteiger charge is 2.67. The second-order valence-electron chi connectivity index (χ2n) is 4.47. The van der Waals surface area contributed by atoms with Gasteiger partial charge in [-0.3, -0.25) is 4.90 Å². The number of carbonyl (C=O) groups excluding carboxylic acids is 2. The molecule has 1 aromatic rings. The number of esters is 1. The van der Waals surface area contributed by atoms with Crippen molar-refractivity contribution >= 4 is 28.0 Å². The van der Waals surface area contributed by atoms with Gasteiger partial charge in [0, 0.05) is 0 Å². The lowest BCUT2D eigenvalue weighted by molar-refractivity contribution is -0.147. The number of hydrogen-bond acceptors (Lipinski definition) is 4. The number of ether oxygens (including phenoxy) is 2. The number of amides is 1. The third kappa shape index (κ3) is 2.40. The number of halogens is 1. The van der Waals surface area contributed by atoms with Crippen LogP contribution in [-0.4, -0.2) is 42.8 Å². The van der Waals surface area contributed by atoms with Gasteiger partial charge in [0.05, 0.1) is 25.1 Å². The molecule has 1 heterocycles. The highest BCUT2D eigenvalue weighted by molar-refractivity contribution is 9.09. The predicted molar refractivity (Wildman–Crippen MR) is 76.6 cm³/mol. The smallest absolute Gasteiger partial charge is 0.410 e. The monoisotopic (exact) mass is 341 g/mol. The summed E-state index contributed by atoms with van der Waals surface area (Å²) < 4.78 is 9.82. The molecule has 0 spiro atoms. The average Bonchev–Trinajstić information content (AvgIpc) is 3.23. The molecule has 1 aliphatic heterocycles. The maximum atomic E-state index is 12.3. The first kappa shape index (κ1) is 14.8. The van der Waals surface area contributed by atoms with Crippen molar-refractivity contribution in [3.05, 3.63) is 35.9 Å². The summed E-state index contributed by atoms with van der Waals surface area (Å²) in [5.41, 5.74) is -0.114. The molecule has 0 radical (unpaired) electrons. The molecule has 0 aliphatic carbocycles. The number of hydrogen-bond donors (Lipinski definition) is 0. The number of alkyl halides is 1. The molecule has 2 rings (SSSR count). The van der Waals surface area contributed by atoms with Gasteiger partial charge in [-0.15, -0.1) is 0 Å². The van der Waals surface area contributed by atoms with Crippen LogP contribution in [0.4, 0.5) is 4.79 Å². The summed E-state index contributed by atoms with van der Waals surface area (Å²) in [6.45, 7) is 2.29. The molecule has 2 unspecified atom stereocenters. The summed E-state index contributed by atoms with van der Waals surface area (Å²) in [7, 11) is 1.29. The Bertz CT molecular complexity index is 507. The molecule has 0 N–H and O–H groups in total.